The summed E-state index contributed by atoms with van der Waals surface area (Å²) in [7, 11) is -1.96. The highest BCUT2D eigenvalue weighted by molar-refractivity contribution is 7.89. The van der Waals surface area contributed by atoms with Crippen LogP contribution in [0.15, 0.2) is 29.2 Å². The number of nitrogens with zero attached hydrogens (tertiary/aromatic N) is 1. The van der Waals surface area contributed by atoms with E-state index in [4.69, 9.17) is 0 Å². The molecule has 0 spiro atoms. The van der Waals surface area contributed by atoms with Crippen molar-refractivity contribution in [2.45, 2.75) is 24.8 Å². The minimum Gasteiger partial charge on any atom is -0.356 e. The van der Waals surface area contributed by atoms with Crippen LogP contribution in [0.1, 0.15) is 18.9 Å². The number of benzene rings is 1. The van der Waals surface area contributed by atoms with Gasteiger partial charge in [0.2, 0.25) is 15.9 Å². The molecule has 0 aliphatic carbocycles. The maximum atomic E-state index is 11.7. The average Bonchev–Trinajstić information content (AvgIpc) is 2.93. The van der Waals surface area contributed by atoms with E-state index in [1.54, 1.807) is 12.1 Å². The van der Waals surface area contributed by atoms with Gasteiger partial charge in [0.05, 0.1) is 4.90 Å². The second-order valence-electron chi connectivity index (χ2n) is 5.68. The lowest BCUT2D eigenvalue weighted by atomic mass is 10.1. The topological polar surface area (TPSA) is 78.5 Å². The van der Waals surface area contributed by atoms with E-state index in [0.29, 0.717) is 5.92 Å². The fourth-order valence-corrected chi connectivity index (χ4v) is 3.39. The summed E-state index contributed by atoms with van der Waals surface area (Å²) >= 11 is 0. The summed E-state index contributed by atoms with van der Waals surface area (Å²) in [5.74, 6) is 0.507. The molecule has 7 heteroatoms. The zero-order valence-corrected chi connectivity index (χ0v) is 13.8. The highest BCUT2D eigenvalue weighted by Gasteiger charge is 2.22. The molecule has 1 atom stereocenters. The Morgan fingerprint density at radius 1 is 1.32 bits per heavy atom. The van der Waals surface area contributed by atoms with Crippen molar-refractivity contribution >= 4 is 15.9 Å². The second kappa shape index (κ2) is 7.21. The number of nitrogens with one attached hydrogen (secondary N) is 2. The number of carbonyl (C=O) groups is 1. The zero-order chi connectivity index (χ0) is 16.2. The van der Waals surface area contributed by atoms with Gasteiger partial charge in [0.25, 0.3) is 0 Å². The van der Waals surface area contributed by atoms with Gasteiger partial charge in [-0.2, -0.15) is 0 Å². The van der Waals surface area contributed by atoms with Gasteiger partial charge < -0.3 is 5.32 Å². The molecule has 0 saturated carbocycles. The van der Waals surface area contributed by atoms with Crippen LogP contribution in [0.4, 0.5) is 0 Å². The van der Waals surface area contributed by atoms with Crippen LogP contribution in [0.3, 0.4) is 0 Å². The van der Waals surface area contributed by atoms with E-state index in [1.807, 2.05) is 12.1 Å². The molecule has 2 N–H and O–H groups in total. The van der Waals surface area contributed by atoms with Gasteiger partial charge in [0.1, 0.15) is 0 Å². The smallest absolute Gasteiger partial charge is 0.240 e. The molecule has 1 saturated heterocycles. The first-order valence-corrected chi connectivity index (χ1v) is 8.88. The monoisotopic (exact) mass is 325 g/mol. The summed E-state index contributed by atoms with van der Waals surface area (Å²) in [5.41, 5.74) is 1.09. The Hall–Kier alpha value is -1.44. The quantitative estimate of drug-likeness (QED) is 0.801. The van der Waals surface area contributed by atoms with Crippen LogP contribution in [0.25, 0.3) is 0 Å². The number of hydrogen-bond donors (Lipinski definition) is 2. The molecule has 22 heavy (non-hydrogen) atoms. The minimum atomic E-state index is -3.37. The third-order valence-corrected chi connectivity index (χ3v) is 5.35. The van der Waals surface area contributed by atoms with Crippen molar-refractivity contribution in [1.29, 1.82) is 0 Å². The van der Waals surface area contributed by atoms with Gasteiger partial charge in [0.15, 0.2) is 0 Å². The molecule has 0 unspecified atom stereocenters. The molecular weight excluding hydrogens is 302 g/mol. The highest BCUT2D eigenvalue weighted by atomic mass is 32.2. The van der Waals surface area contributed by atoms with Crippen LogP contribution in [0, 0.1) is 5.92 Å². The normalized spacial score (nSPS) is 19.3. The molecule has 1 fully saturated rings. The number of carbonyl (C=O) groups excluding carboxylic acids is 1. The number of likely N-dealkylation sites (tertiary alicyclic amines) is 1. The molecule has 1 aliphatic heterocycles. The van der Waals surface area contributed by atoms with E-state index in [1.165, 1.54) is 14.0 Å². The molecule has 1 heterocycles. The number of amides is 1. The van der Waals surface area contributed by atoms with E-state index < -0.39 is 10.0 Å². The van der Waals surface area contributed by atoms with Crippen LogP contribution >= 0.6 is 0 Å². The third-order valence-electron chi connectivity index (χ3n) is 3.92. The number of sulfonamides is 1. The van der Waals surface area contributed by atoms with Crippen LogP contribution in [-0.4, -0.2) is 45.9 Å². The van der Waals surface area contributed by atoms with Gasteiger partial charge in [0, 0.05) is 26.6 Å². The lowest BCUT2D eigenvalue weighted by Gasteiger charge is -2.16. The second-order valence-corrected chi connectivity index (χ2v) is 7.56. The molecule has 0 aromatic heterocycles. The van der Waals surface area contributed by atoms with Crippen LogP contribution < -0.4 is 10.0 Å². The van der Waals surface area contributed by atoms with Crippen molar-refractivity contribution in [3.63, 3.8) is 0 Å². The minimum absolute atomic E-state index is 0.0137. The van der Waals surface area contributed by atoms with Crippen molar-refractivity contribution in [2.75, 3.05) is 26.7 Å². The summed E-state index contributed by atoms with van der Waals surface area (Å²) in [6, 6.07) is 6.97. The van der Waals surface area contributed by atoms with E-state index in [-0.39, 0.29) is 10.8 Å². The Bertz CT molecular complexity index is 613. The molecule has 1 aromatic carbocycles. The van der Waals surface area contributed by atoms with Gasteiger partial charge in [-0.3, -0.25) is 9.69 Å². The maximum absolute atomic E-state index is 11.7. The predicted molar refractivity (Wildman–Crippen MR) is 84.8 cm³/mol. The van der Waals surface area contributed by atoms with E-state index >= 15 is 0 Å². The third kappa shape index (κ3) is 4.53. The Morgan fingerprint density at radius 3 is 2.59 bits per heavy atom. The molecule has 1 aliphatic rings. The Kier molecular flexibility index (Phi) is 5.55. The van der Waals surface area contributed by atoms with Gasteiger partial charge in [-0.05, 0) is 43.6 Å². The molecule has 0 radical (unpaired) electrons. The van der Waals surface area contributed by atoms with Crippen molar-refractivity contribution in [1.82, 2.24) is 14.9 Å². The zero-order valence-electron chi connectivity index (χ0n) is 13.0. The summed E-state index contributed by atoms with van der Waals surface area (Å²) < 4.78 is 25.6. The number of rotatable bonds is 6. The van der Waals surface area contributed by atoms with Gasteiger partial charge in [-0.1, -0.05) is 12.1 Å². The van der Waals surface area contributed by atoms with Crippen molar-refractivity contribution in [3.8, 4) is 0 Å². The Balaban J connectivity index is 1.88. The van der Waals surface area contributed by atoms with Crippen molar-refractivity contribution in [3.05, 3.63) is 29.8 Å². The predicted octanol–water partition coefficient (Wildman–Crippen LogP) is 0.553. The Morgan fingerprint density at radius 2 is 2.00 bits per heavy atom. The summed E-state index contributed by atoms with van der Waals surface area (Å²) in [6.07, 6.45) is 1.08. The van der Waals surface area contributed by atoms with Crippen LogP contribution in [-0.2, 0) is 21.4 Å². The molecule has 0 bridgehead atoms. The summed E-state index contributed by atoms with van der Waals surface area (Å²) in [6.45, 7) is 5.02. The molecule has 122 valence electrons. The first-order valence-electron chi connectivity index (χ1n) is 7.40. The van der Waals surface area contributed by atoms with Crippen LogP contribution in [0.2, 0.25) is 0 Å². The SMILES string of the molecule is CNS(=O)(=O)c1ccc(CN2CC[C@@H](CNC(C)=O)C2)cc1. The van der Waals surface area contributed by atoms with Crippen molar-refractivity contribution in [2.24, 2.45) is 5.92 Å². The van der Waals surface area contributed by atoms with E-state index in [0.717, 1.165) is 38.2 Å². The van der Waals surface area contributed by atoms with Crippen molar-refractivity contribution < 1.29 is 13.2 Å². The summed E-state index contributed by atoms with van der Waals surface area (Å²) in [4.78, 5) is 13.5. The molecule has 1 amide bonds. The summed E-state index contributed by atoms with van der Waals surface area (Å²) in [5, 5.41) is 2.86. The molecule has 2 rings (SSSR count). The van der Waals surface area contributed by atoms with Gasteiger partial charge >= 0.3 is 0 Å². The maximum Gasteiger partial charge on any atom is 0.240 e. The molecular formula is C15H23N3O3S. The molecule has 1 aromatic rings. The van der Waals surface area contributed by atoms with Crippen LogP contribution in [0.5, 0.6) is 0 Å². The standard InChI is InChI=1S/C15H23N3O3S/c1-12(19)17-9-14-7-8-18(11-14)10-13-3-5-15(6-4-13)22(20,21)16-2/h3-6,14,16H,7-11H2,1-2H3,(H,17,19)/t14-/m0/s1. The largest absolute Gasteiger partial charge is 0.356 e. The first-order chi connectivity index (χ1) is 10.4. The van der Waals surface area contributed by atoms with E-state index in [9.17, 15) is 13.2 Å². The Labute approximate surface area is 131 Å². The van der Waals surface area contributed by atoms with E-state index in [2.05, 4.69) is 14.9 Å². The highest BCUT2D eigenvalue weighted by Crippen LogP contribution is 2.19. The average molecular weight is 325 g/mol. The van der Waals surface area contributed by atoms with Gasteiger partial charge in [-0.15, -0.1) is 0 Å². The lowest BCUT2D eigenvalue weighted by molar-refractivity contribution is -0.119. The first kappa shape index (κ1) is 16.9. The fourth-order valence-electron chi connectivity index (χ4n) is 2.66. The molecule has 6 nitrogen and oxygen atoms in total. The fraction of sp³-hybridized carbons (Fsp3) is 0.533. The number of hydrogen-bond acceptors (Lipinski definition) is 4. The van der Waals surface area contributed by atoms with Gasteiger partial charge in [-0.25, -0.2) is 13.1 Å². The lowest BCUT2D eigenvalue weighted by Crippen LogP contribution is -2.29.